The Labute approximate surface area is 154 Å². The van der Waals surface area contributed by atoms with Crippen molar-refractivity contribution in [2.24, 2.45) is 0 Å². The molecule has 1 aliphatic carbocycles. The Kier molecular flexibility index (Phi) is 5.00. The first-order valence-corrected chi connectivity index (χ1v) is 9.47. The highest BCUT2D eigenvalue weighted by atomic mass is 16.1. The number of anilines is 2. The van der Waals surface area contributed by atoms with E-state index in [0.717, 1.165) is 42.5 Å². The predicted octanol–water partition coefficient (Wildman–Crippen LogP) is 2.78. The molecule has 1 aromatic heterocycles. The van der Waals surface area contributed by atoms with E-state index in [1.54, 1.807) is 4.90 Å². The van der Waals surface area contributed by atoms with Crippen molar-refractivity contribution in [3.05, 3.63) is 36.4 Å². The first kappa shape index (κ1) is 16.8. The fraction of sp³-hybridized carbons (Fsp3) is 0.450. The minimum Gasteiger partial charge on any atom is -0.367 e. The summed E-state index contributed by atoms with van der Waals surface area (Å²) in [4.78, 5) is 24.5. The second-order valence-corrected chi connectivity index (χ2v) is 7.06. The highest BCUT2D eigenvalue weighted by Crippen LogP contribution is 2.26. The van der Waals surface area contributed by atoms with E-state index in [9.17, 15) is 4.79 Å². The molecule has 1 aliphatic heterocycles. The first-order valence-electron chi connectivity index (χ1n) is 9.47. The summed E-state index contributed by atoms with van der Waals surface area (Å²) in [6.07, 6.45) is 5.91. The van der Waals surface area contributed by atoms with Gasteiger partial charge in [0.1, 0.15) is 5.82 Å². The zero-order valence-electron chi connectivity index (χ0n) is 15.0. The zero-order valence-corrected chi connectivity index (χ0v) is 15.0. The Hall–Kier alpha value is -2.63. The topological polar surface area (TPSA) is 61.4 Å². The van der Waals surface area contributed by atoms with Crippen LogP contribution in [0.4, 0.5) is 11.8 Å². The van der Waals surface area contributed by atoms with Crippen LogP contribution in [-0.2, 0) is 4.79 Å². The quantitative estimate of drug-likeness (QED) is 0.840. The number of nitrogens with one attached hydrogen (secondary N) is 1. The van der Waals surface area contributed by atoms with E-state index in [0.29, 0.717) is 19.1 Å². The lowest BCUT2D eigenvalue weighted by atomic mass is 10.1. The number of carbonyl (C=O) groups is 1. The van der Waals surface area contributed by atoms with Crippen molar-refractivity contribution in [2.75, 3.05) is 36.4 Å². The van der Waals surface area contributed by atoms with Gasteiger partial charge in [0.15, 0.2) is 0 Å². The number of piperazine rings is 1. The smallest absolute Gasteiger partial charge is 0.227 e. The molecule has 2 fully saturated rings. The molecule has 0 spiro atoms. The fourth-order valence-electron chi connectivity index (χ4n) is 3.71. The van der Waals surface area contributed by atoms with E-state index in [1.807, 2.05) is 18.2 Å². The van der Waals surface area contributed by atoms with Crippen molar-refractivity contribution in [1.82, 2.24) is 14.9 Å². The number of rotatable bonds is 5. The van der Waals surface area contributed by atoms with Crippen molar-refractivity contribution in [3.8, 4) is 11.3 Å². The average molecular weight is 351 g/mol. The normalized spacial score (nSPS) is 18.2. The van der Waals surface area contributed by atoms with Crippen LogP contribution < -0.4 is 10.2 Å². The molecular formula is C20H25N5O. The van der Waals surface area contributed by atoms with Gasteiger partial charge in [-0.25, -0.2) is 4.98 Å². The SMILES string of the molecule is O=CN1CCN(c2nc(NC3CCCC3)cc(-c3ccccc3)n2)CC1. The number of aromatic nitrogens is 2. The maximum atomic E-state index is 11.0. The van der Waals surface area contributed by atoms with Gasteiger partial charge in [0, 0.05) is 43.9 Å². The molecule has 1 aromatic carbocycles. The van der Waals surface area contributed by atoms with Crippen molar-refractivity contribution >= 4 is 18.2 Å². The van der Waals surface area contributed by atoms with Crippen LogP contribution in [0.1, 0.15) is 25.7 Å². The number of hydrogen-bond donors (Lipinski definition) is 1. The molecule has 6 heteroatoms. The van der Waals surface area contributed by atoms with Gasteiger partial charge in [-0.3, -0.25) is 4.79 Å². The highest BCUT2D eigenvalue weighted by Gasteiger charge is 2.21. The van der Waals surface area contributed by atoms with Gasteiger partial charge in [0.25, 0.3) is 0 Å². The van der Waals surface area contributed by atoms with Crippen molar-refractivity contribution in [2.45, 2.75) is 31.7 Å². The van der Waals surface area contributed by atoms with Crippen LogP contribution in [0, 0.1) is 0 Å². The molecule has 1 saturated carbocycles. The molecule has 1 N–H and O–H groups in total. The summed E-state index contributed by atoms with van der Waals surface area (Å²) in [5.41, 5.74) is 2.03. The van der Waals surface area contributed by atoms with Crippen LogP contribution in [0.2, 0.25) is 0 Å². The third-order valence-corrected chi connectivity index (χ3v) is 5.24. The van der Waals surface area contributed by atoms with Crippen molar-refractivity contribution < 1.29 is 4.79 Å². The van der Waals surface area contributed by atoms with E-state index in [4.69, 9.17) is 9.97 Å². The van der Waals surface area contributed by atoms with E-state index < -0.39 is 0 Å². The van der Waals surface area contributed by atoms with Crippen LogP contribution in [0.25, 0.3) is 11.3 Å². The summed E-state index contributed by atoms with van der Waals surface area (Å²) in [5.74, 6) is 1.65. The van der Waals surface area contributed by atoms with Crippen LogP contribution in [0.15, 0.2) is 36.4 Å². The van der Waals surface area contributed by atoms with E-state index in [1.165, 1.54) is 25.7 Å². The Morgan fingerprint density at radius 2 is 1.73 bits per heavy atom. The number of hydrogen-bond acceptors (Lipinski definition) is 5. The molecule has 136 valence electrons. The summed E-state index contributed by atoms with van der Waals surface area (Å²) < 4.78 is 0. The van der Waals surface area contributed by atoms with Gasteiger partial charge in [-0.05, 0) is 12.8 Å². The van der Waals surface area contributed by atoms with Gasteiger partial charge in [-0.15, -0.1) is 0 Å². The monoisotopic (exact) mass is 351 g/mol. The molecule has 1 saturated heterocycles. The molecule has 0 radical (unpaired) electrons. The second-order valence-electron chi connectivity index (χ2n) is 7.06. The average Bonchev–Trinajstić information content (AvgIpc) is 3.21. The zero-order chi connectivity index (χ0) is 17.8. The minimum atomic E-state index is 0.508. The van der Waals surface area contributed by atoms with Gasteiger partial charge < -0.3 is 15.1 Å². The van der Waals surface area contributed by atoms with Crippen LogP contribution in [0.5, 0.6) is 0 Å². The molecule has 2 aliphatic rings. The highest BCUT2D eigenvalue weighted by molar-refractivity contribution is 5.64. The molecule has 2 aromatic rings. The minimum absolute atomic E-state index is 0.508. The van der Waals surface area contributed by atoms with Crippen LogP contribution in [0.3, 0.4) is 0 Å². The Bertz CT molecular complexity index is 737. The van der Waals surface area contributed by atoms with Gasteiger partial charge >= 0.3 is 0 Å². The first-order chi connectivity index (χ1) is 12.8. The van der Waals surface area contributed by atoms with Crippen LogP contribution >= 0.6 is 0 Å². The fourth-order valence-corrected chi connectivity index (χ4v) is 3.71. The third kappa shape index (κ3) is 3.79. The van der Waals surface area contributed by atoms with Crippen LogP contribution in [-0.4, -0.2) is 53.5 Å². The van der Waals surface area contributed by atoms with E-state index in [2.05, 4.69) is 28.4 Å². The largest absolute Gasteiger partial charge is 0.367 e. The summed E-state index contributed by atoms with van der Waals surface area (Å²) in [6, 6.07) is 12.8. The second kappa shape index (κ2) is 7.72. The maximum absolute atomic E-state index is 11.0. The molecule has 4 rings (SSSR count). The van der Waals surface area contributed by atoms with Crippen molar-refractivity contribution in [3.63, 3.8) is 0 Å². The molecule has 0 unspecified atom stereocenters. The molecule has 1 amide bonds. The lowest BCUT2D eigenvalue weighted by molar-refractivity contribution is -0.118. The molecular weight excluding hydrogens is 326 g/mol. The van der Waals surface area contributed by atoms with Gasteiger partial charge in [0.2, 0.25) is 12.4 Å². The van der Waals surface area contributed by atoms with Gasteiger partial charge in [-0.1, -0.05) is 43.2 Å². The number of nitrogens with zero attached hydrogens (tertiary/aromatic N) is 4. The van der Waals surface area contributed by atoms with Crippen molar-refractivity contribution in [1.29, 1.82) is 0 Å². The number of benzene rings is 1. The number of carbonyl (C=O) groups excluding carboxylic acids is 1. The lowest BCUT2D eigenvalue weighted by Crippen LogP contribution is -2.46. The molecule has 0 atom stereocenters. The number of amides is 1. The Morgan fingerprint density at radius 1 is 1.00 bits per heavy atom. The summed E-state index contributed by atoms with van der Waals surface area (Å²) >= 11 is 0. The van der Waals surface area contributed by atoms with Gasteiger partial charge in [-0.2, -0.15) is 4.98 Å². The molecule has 0 bridgehead atoms. The summed E-state index contributed by atoms with van der Waals surface area (Å²) in [6.45, 7) is 2.96. The molecule has 26 heavy (non-hydrogen) atoms. The lowest BCUT2D eigenvalue weighted by Gasteiger charge is -2.33. The molecule has 2 heterocycles. The molecule has 6 nitrogen and oxygen atoms in total. The van der Waals surface area contributed by atoms with Gasteiger partial charge in [0.05, 0.1) is 5.69 Å². The van der Waals surface area contributed by atoms with E-state index in [-0.39, 0.29) is 0 Å². The summed E-state index contributed by atoms with van der Waals surface area (Å²) in [5, 5.41) is 3.61. The third-order valence-electron chi connectivity index (χ3n) is 5.24. The maximum Gasteiger partial charge on any atom is 0.227 e. The summed E-state index contributed by atoms with van der Waals surface area (Å²) in [7, 11) is 0. The Balaban J connectivity index is 1.62. The predicted molar refractivity (Wildman–Crippen MR) is 103 cm³/mol. The van der Waals surface area contributed by atoms with E-state index >= 15 is 0 Å². The Morgan fingerprint density at radius 3 is 2.42 bits per heavy atom. The standard InChI is InChI=1S/C20H25N5O/c26-15-24-10-12-25(13-11-24)20-22-18(16-6-2-1-3-7-16)14-19(23-20)21-17-8-4-5-9-17/h1-3,6-7,14-15,17H,4-5,8-13H2,(H,21,22,23).